The van der Waals surface area contributed by atoms with E-state index in [1.165, 1.54) is 7.11 Å². The van der Waals surface area contributed by atoms with Gasteiger partial charge in [0.05, 0.1) is 23.7 Å². The van der Waals surface area contributed by atoms with Crippen molar-refractivity contribution in [3.63, 3.8) is 0 Å². The van der Waals surface area contributed by atoms with Gasteiger partial charge in [-0.25, -0.2) is 0 Å². The lowest BCUT2D eigenvalue weighted by molar-refractivity contribution is -0.139. The molecular formula is C24H27ClN2O4. The zero-order valence-corrected chi connectivity index (χ0v) is 18.9. The number of amides is 1. The molecule has 1 unspecified atom stereocenters. The van der Waals surface area contributed by atoms with Gasteiger partial charge in [0.1, 0.15) is 11.5 Å². The predicted octanol–water partition coefficient (Wildman–Crippen LogP) is 4.03. The van der Waals surface area contributed by atoms with E-state index in [1.54, 1.807) is 23.1 Å². The van der Waals surface area contributed by atoms with Crippen LogP contribution in [0, 0.1) is 6.92 Å². The Hall–Kier alpha value is -2.83. The molecule has 3 rings (SSSR count). The van der Waals surface area contributed by atoms with E-state index in [0.717, 1.165) is 17.7 Å². The lowest BCUT2D eigenvalue weighted by Gasteiger charge is -2.26. The van der Waals surface area contributed by atoms with Crippen molar-refractivity contribution in [2.24, 2.45) is 0 Å². The number of aliphatic hydroxyl groups is 1. The number of methoxy groups -OCH3 is 1. The molecule has 0 radical (unpaired) electrons. The lowest BCUT2D eigenvalue weighted by Crippen LogP contribution is -2.32. The number of carbonyl (C=O) groups excluding carboxylic acids is 2. The van der Waals surface area contributed by atoms with Crippen LogP contribution in [0.2, 0.25) is 5.02 Å². The van der Waals surface area contributed by atoms with Crippen LogP contribution in [0.15, 0.2) is 48.0 Å². The molecule has 1 atom stereocenters. The Balaban J connectivity index is 2.12. The number of benzene rings is 2. The average Bonchev–Trinajstić information content (AvgIpc) is 2.98. The molecule has 31 heavy (non-hydrogen) atoms. The first-order valence-corrected chi connectivity index (χ1v) is 10.5. The summed E-state index contributed by atoms with van der Waals surface area (Å²) in [5.74, 6) is -1.16. The molecule has 1 saturated heterocycles. The fourth-order valence-electron chi connectivity index (χ4n) is 3.82. The molecule has 1 aliphatic heterocycles. The van der Waals surface area contributed by atoms with E-state index in [-0.39, 0.29) is 11.3 Å². The summed E-state index contributed by atoms with van der Waals surface area (Å²) in [5.41, 5.74) is 2.23. The van der Waals surface area contributed by atoms with Crippen LogP contribution in [0.5, 0.6) is 5.75 Å². The second-order valence-corrected chi connectivity index (χ2v) is 8.32. The van der Waals surface area contributed by atoms with Crippen LogP contribution in [0.25, 0.3) is 5.76 Å². The third kappa shape index (κ3) is 4.75. The summed E-state index contributed by atoms with van der Waals surface area (Å²) >= 11 is 6.10. The lowest BCUT2D eigenvalue weighted by atomic mass is 9.94. The standard InChI is InChI=1S/C24H27ClN2O4/c1-15-7-5-8-16(13-15)21-20(22(28)17-9-10-18(25)19(14-17)31-4)23(29)24(30)27(21)12-6-11-26(2)3/h5,7-10,13-14,21,28H,6,11-12H2,1-4H3/b22-20-. The fourth-order valence-corrected chi connectivity index (χ4v) is 4.01. The molecule has 0 saturated carbocycles. The minimum Gasteiger partial charge on any atom is -0.507 e. The maximum Gasteiger partial charge on any atom is 0.295 e. The van der Waals surface area contributed by atoms with E-state index in [9.17, 15) is 14.7 Å². The van der Waals surface area contributed by atoms with Gasteiger partial charge in [-0.05, 0) is 57.7 Å². The van der Waals surface area contributed by atoms with Gasteiger partial charge >= 0.3 is 0 Å². The molecule has 0 spiro atoms. The Morgan fingerprint density at radius 3 is 2.58 bits per heavy atom. The van der Waals surface area contributed by atoms with E-state index < -0.39 is 17.7 Å². The first-order valence-electron chi connectivity index (χ1n) is 10.1. The van der Waals surface area contributed by atoms with Gasteiger partial charge in [0.25, 0.3) is 11.7 Å². The first kappa shape index (κ1) is 22.8. The Labute approximate surface area is 187 Å². The highest BCUT2D eigenvalue weighted by Gasteiger charge is 2.45. The Bertz CT molecular complexity index is 1030. The zero-order chi connectivity index (χ0) is 22.7. The van der Waals surface area contributed by atoms with Crippen LogP contribution in [0.4, 0.5) is 0 Å². The molecule has 7 heteroatoms. The van der Waals surface area contributed by atoms with Crippen LogP contribution < -0.4 is 4.74 Å². The van der Waals surface area contributed by atoms with Gasteiger partial charge in [-0.3, -0.25) is 9.59 Å². The van der Waals surface area contributed by atoms with E-state index in [4.69, 9.17) is 16.3 Å². The quantitative estimate of drug-likeness (QED) is 0.398. The van der Waals surface area contributed by atoms with Crippen LogP contribution in [0.1, 0.15) is 29.2 Å². The number of hydrogen-bond donors (Lipinski definition) is 1. The topological polar surface area (TPSA) is 70.1 Å². The summed E-state index contributed by atoms with van der Waals surface area (Å²) in [6.45, 7) is 3.13. The number of aryl methyl sites for hydroxylation is 1. The SMILES string of the molecule is COc1cc(/C(O)=C2/C(=O)C(=O)N(CCCN(C)C)C2c2cccc(C)c2)ccc1Cl. The van der Waals surface area contributed by atoms with Crippen molar-refractivity contribution in [3.8, 4) is 5.75 Å². The molecule has 2 aromatic rings. The highest BCUT2D eigenvalue weighted by molar-refractivity contribution is 6.46. The van der Waals surface area contributed by atoms with E-state index >= 15 is 0 Å². The minimum absolute atomic E-state index is 0.0739. The molecule has 164 valence electrons. The van der Waals surface area contributed by atoms with E-state index in [0.29, 0.717) is 29.3 Å². The Morgan fingerprint density at radius 1 is 1.19 bits per heavy atom. The highest BCUT2D eigenvalue weighted by Crippen LogP contribution is 2.40. The van der Waals surface area contributed by atoms with Gasteiger partial charge in [-0.15, -0.1) is 0 Å². The first-order chi connectivity index (χ1) is 14.7. The summed E-state index contributed by atoms with van der Waals surface area (Å²) in [4.78, 5) is 29.6. The minimum atomic E-state index is -0.692. The van der Waals surface area contributed by atoms with Crippen molar-refractivity contribution in [2.75, 3.05) is 34.3 Å². The van der Waals surface area contributed by atoms with E-state index in [2.05, 4.69) is 0 Å². The van der Waals surface area contributed by atoms with E-state index in [1.807, 2.05) is 50.2 Å². The summed E-state index contributed by atoms with van der Waals surface area (Å²) in [7, 11) is 5.39. The molecule has 0 aliphatic carbocycles. The summed E-state index contributed by atoms with van der Waals surface area (Å²) in [5, 5.41) is 11.5. The third-order valence-electron chi connectivity index (χ3n) is 5.33. The van der Waals surface area contributed by atoms with Crippen molar-refractivity contribution in [2.45, 2.75) is 19.4 Å². The summed E-state index contributed by atoms with van der Waals surface area (Å²) in [6, 6.07) is 11.7. The van der Waals surface area contributed by atoms with Crippen LogP contribution >= 0.6 is 11.6 Å². The average molecular weight is 443 g/mol. The monoisotopic (exact) mass is 442 g/mol. The van der Waals surface area contributed by atoms with Gasteiger partial charge in [-0.2, -0.15) is 0 Å². The molecule has 6 nitrogen and oxygen atoms in total. The Morgan fingerprint density at radius 2 is 1.94 bits per heavy atom. The maximum atomic E-state index is 13.0. The molecule has 2 aromatic carbocycles. The van der Waals surface area contributed by atoms with Gasteiger partial charge in [-0.1, -0.05) is 41.4 Å². The number of carbonyl (C=O) groups is 2. The molecule has 1 N–H and O–H groups in total. The largest absolute Gasteiger partial charge is 0.507 e. The number of aliphatic hydroxyl groups excluding tert-OH is 1. The van der Waals surface area contributed by atoms with Crippen molar-refractivity contribution in [1.29, 1.82) is 0 Å². The van der Waals surface area contributed by atoms with Crippen molar-refractivity contribution >= 4 is 29.1 Å². The smallest absolute Gasteiger partial charge is 0.295 e. The van der Waals surface area contributed by atoms with Crippen LogP contribution in [0.3, 0.4) is 0 Å². The fraction of sp³-hybridized carbons (Fsp3) is 0.333. The third-order valence-corrected chi connectivity index (χ3v) is 5.64. The van der Waals surface area contributed by atoms with Gasteiger partial charge < -0.3 is 19.6 Å². The number of likely N-dealkylation sites (tertiary alicyclic amines) is 1. The van der Waals surface area contributed by atoms with Gasteiger partial charge in [0.15, 0.2) is 0 Å². The molecule has 1 heterocycles. The number of nitrogens with zero attached hydrogens (tertiary/aromatic N) is 2. The van der Waals surface area contributed by atoms with Gasteiger partial charge in [0.2, 0.25) is 0 Å². The number of Topliss-reactive ketones (excluding diaryl/α,β-unsaturated/α-hetero) is 1. The number of rotatable bonds is 7. The number of ether oxygens (including phenoxy) is 1. The number of hydrogen-bond acceptors (Lipinski definition) is 5. The second kappa shape index (κ2) is 9.54. The molecular weight excluding hydrogens is 416 g/mol. The highest BCUT2D eigenvalue weighted by atomic mass is 35.5. The zero-order valence-electron chi connectivity index (χ0n) is 18.2. The molecule has 1 aliphatic rings. The number of ketones is 1. The van der Waals surface area contributed by atoms with Crippen LogP contribution in [-0.2, 0) is 9.59 Å². The summed E-state index contributed by atoms with van der Waals surface area (Å²) in [6.07, 6.45) is 0.706. The second-order valence-electron chi connectivity index (χ2n) is 7.91. The number of halogens is 1. The van der Waals surface area contributed by atoms with Crippen molar-refractivity contribution in [1.82, 2.24) is 9.80 Å². The predicted molar refractivity (Wildman–Crippen MR) is 121 cm³/mol. The maximum absolute atomic E-state index is 13.0. The molecule has 1 amide bonds. The molecule has 0 bridgehead atoms. The van der Waals surface area contributed by atoms with Crippen molar-refractivity contribution < 1.29 is 19.4 Å². The van der Waals surface area contributed by atoms with Gasteiger partial charge in [0, 0.05) is 12.1 Å². The molecule has 1 fully saturated rings. The summed E-state index contributed by atoms with van der Waals surface area (Å²) < 4.78 is 5.24. The normalized spacial score (nSPS) is 18.1. The Kier molecular flexibility index (Phi) is 7.03. The van der Waals surface area contributed by atoms with Crippen molar-refractivity contribution in [3.05, 3.63) is 69.8 Å². The van der Waals surface area contributed by atoms with Crippen LogP contribution in [-0.4, -0.2) is 60.9 Å². The molecule has 0 aromatic heterocycles.